The average molecular weight is 383 g/mol. The molecule has 1 saturated carbocycles. The van der Waals surface area contributed by atoms with Crippen molar-refractivity contribution in [3.63, 3.8) is 0 Å². The summed E-state index contributed by atoms with van der Waals surface area (Å²) in [6.45, 7) is 2.32. The van der Waals surface area contributed by atoms with E-state index in [1.807, 2.05) is 6.92 Å². The molecule has 0 bridgehead atoms. The molecule has 10 heteroatoms. The van der Waals surface area contributed by atoms with Crippen LogP contribution in [0.3, 0.4) is 0 Å². The molecule has 1 aromatic carbocycles. The summed E-state index contributed by atoms with van der Waals surface area (Å²) in [7, 11) is 0. The van der Waals surface area contributed by atoms with Crippen molar-refractivity contribution in [2.24, 2.45) is 5.92 Å². The Morgan fingerprint density at radius 2 is 2.15 bits per heavy atom. The minimum absolute atomic E-state index is 0.0234. The topological polar surface area (TPSA) is 93.5 Å². The minimum atomic E-state index is -4.91. The van der Waals surface area contributed by atoms with Crippen LogP contribution >= 0.6 is 0 Å². The smallest absolute Gasteiger partial charge is 0.434 e. The molecule has 1 heterocycles. The SMILES string of the molecule is CCOC1CC1C(=O)Nc1cccc(-n2ncc(C(=O)O)c2C(F)(F)F)c1. The number of aromatic carboxylic acids is 1. The van der Waals surface area contributed by atoms with Crippen LogP contribution in [-0.2, 0) is 15.7 Å². The molecule has 144 valence electrons. The second kappa shape index (κ2) is 7.03. The van der Waals surface area contributed by atoms with Gasteiger partial charge >= 0.3 is 12.1 Å². The number of halogens is 3. The van der Waals surface area contributed by atoms with Gasteiger partial charge in [-0.25, -0.2) is 9.48 Å². The zero-order valence-electron chi connectivity index (χ0n) is 14.2. The summed E-state index contributed by atoms with van der Waals surface area (Å²) in [5, 5.41) is 15.2. The lowest BCUT2D eigenvalue weighted by molar-refractivity contribution is -0.143. The first kappa shape index (κ1) is 18.9. The summed E-state index contributed by atoms with van der Waals surface area (Å²) in [4.78, 5) is 23.2. The number of rotatable bonds is 6. The predicted molar refractivity (Wildman–Crippen MR) is 87.7 cm³/mol. The molecule has 1 aliphatic carbocycles. The van der Waals surface area contributed by atoms with Crippen LogP contribution in [0.4, 0.5) is 18.9 Å². The molecule has 7 nitrogen and oxygen atoms in total. The molecule has 27 heavy (non-hydrogen) atoms. The zero-order chi connectivity index (χ0) is 19.8. The second-order valence-corrected chi connectivity index (χ2v) is 6.00. The van der Waals surface area contributed by atoms with Crippen LogP contribution in [-0.4, -0.2) is 39.5 Å². The maximum Gasteiger partial charge on any atom is 0.434 e. The van der Waals surface area contributed by atoms with Gasteiger partial charge in [0.1, 0.15) is 5.56 Å². The Kier molecular flexibility index (Phi) is 4.92. The largest absolute Gasteiger partial charge is 0.478 e. The van der Waals surface area contributed by atoms with Gasteiger partial charge in [0, 0.05) is 12.3 Å². The number of benzene rings is 1. The van der Waals surface area contributed by atoms with Crippen molar-refractivity contribution in [2.75, 3.05) is 11.9 Å². The van der Waals surface area contributed by atoms with Gasteiger partial charge in [-0.15, -0.1) is 0 Å². The van der Waals surface area contributed by atoms with Crippen molar-refractivity contribution < 1.29 is 32.6 Å². The Balaban J connectivity index is 1.86. The monoisotopic (exact) mass is 383 g/mol. The Morgan fingerprint density at radius 3 is 2.78 bits per heavy atom. The molecular formula is C17H16F3N3O4. The standard InChI is InChI=1S/C17H16F3N3O4/c1-2-27-13-7-11(13)15(24)22-9-4-3-5-10(6-9)23-14(17(18,19)20)12(8-21-23)16(25)26/h3-6,8,11,13H,2,7H2,1H3,(H,22,24)(H,25,26). The first-order valence-corrected chi connectivity index (χ1v) is 8.13. The molecule has 0 aliphatic heterocycles. The number of carboxylic acids is 1. The summed E-state index contributed by atoms with van der Waals surface area (Å²) in [5.41, 5.74) is -2.09. The van der Waals surface area contributed by atoms with Gasteiger partial charge in [0.15, 0.2) is 5.69 Å². The third-order valence-corrected chi connectivity index (χ3v) is 4.08. The van der Waals surface area contributed by atoms with Gasteiger partial charge in [-0.2, -0.15) is 18.3 Å². The molecule has 0 spiro atoms. The van der Waals surface area contributed by atoms with E-state index >= 15 is 0 Å². The summed E-state index contributed by atoms with van der Waals surface area (Å²) in [6.07, 6.45) is -3.81. The number of anilines is 1. The lowest BCUT2D eigenvalue weighted by Gasteiger charge is -2.13. The number of nitrogens with zero attached hydrogens (tertiary/aromatic N) is 2. The predicted octanol–water partition coefficient (Wildman–Crippen LogP) is 2.95. The molecule has 2 atom stereocenters. The number of nitrogens with one attached hydrogen (secondary N) is 1. The second-order valence-electron chi connectivity index (χ2n) is 6.00. The van der Waals surface area contributed by atoms with Gasteiger partial charge < -0.3 is 15.2 Å². The molecule has 2 aromatic rings. The lowest BCUT2D eigenvalue weighted by atomic mass is 10.2. The molecule has 1 aliphatic rings. The van der Waals surface area contributed by atoms with E-state index < -0.39 is 23.4 Å². The number of carbonyl (C=O) groups is 2. The maximum absolute atomic E-state index is 13.3. The van der Waals surface area contributed by atoms with E-state index in [0.29, 0.717) is 23.9 Å². The normalized spacial score (nSPS) is 19.0. The molecule has 2 N–H and O–H groups in total. The Hall–Kier alpha value is -2.88. The summed E-state index contributed by atoms with van der Waals surface area (Å²) in [5.74, 6) is -2.30. The fourth-order valence-corrected chi connectivity index (χ4v) is 2.77. The zero-order valence-corrected chi connectivity index (χ0v) is 14.2. The van der Waals surface area contributed by atoms with Crippen LogP contribution in [0.15, 0.2) is 30.5 Å². The molecule has 2 unspecified atom stereocenters. The number of hydrogen-bond donors (Lipinski definition) is 2. The van der Waals surface area contributed by atoms with E-state index in [2.05, 4.69) is 10.4 Å². The quantitative estimate of drug-likeness (QED) is 0.800. The van der Waals surface area contributed by atoms with E-state index in [1.54, 1.807) is 0 Å². The van der Waals surface area contributed by atoms with Crippen LogP contribution in [0.2, 0.25) is 0 Å². The lowest BCUT2D eigenvalue weighted by Crippen LogP contribution is -2.18. The first-order chi connectivity index (χ1) is 12.7. The van der Waals surface area contributed by atoms with Gasteiger partial charge in [-0.05, 0) is 31.5 Å². The number of aromatic nitrogens is 2. The maximum atomic E-state index is 13.3. The Labute approximate surface area is 151 Å². The third-order valence-electron chi connectivity index (χ3n) is 4.08. The van der Waals surface area contributed by atoms with Crippen molar-refractivity contribution >= 4 is 17.6 Å². The van der Waals surface area contributed by atoms with Crippen LogP contribution in [0.25, 0.3) is 5.69 Å². The first-order valence-electron chi connectivity index (χ1n) is 8.13. The van der Waals surface area contributed by atoms with Gasteiger partial charge in [-0.3, -0.25) is 4.79 Å². The number of carbonyl (C=O) groups excluding carboxylic acids is 1. The third kappa shape index (κ3) is 3.95. The number of alkyl halides is 3. The molecule has 1 aromatic heterocycles. The number of ether oxygens (including phenoxy) is 1. The van der Waals surface area contributed by atoms with Crippen molar-refractivity contribution in [2.45, 2.75) is 25.6 Å². The number of carboxylic acid groups (broad SMARTS) is 1. The number of amides is 1. The summed E-state index contributed by atoms with van der Waals surface area (Å²) in [6, 6.07) is 5.60. The van der Waals surface area contributed by atoms with Crippen molar-refractivity contribution in [3.8, 4) is 5.69 Å². The Bertz CT molecular complexity index is 879. The van der Waals surface area contributed by atoms with Crippen LogP contribution < -0.4 is 5.32 Å². The molecule has 1 fully saturated rings. The average Bonchev–Trinajstić information content (AvgIpc) is 3.19. The van der Waals surface area contributed by atoms with E-state index in [4.69, 9.17) is 9.84 Å². The highest BCUT2D eigenvalue weighted by molar-refractivity contribution is 5.95. The Morgan fingerprint density at radius 1 is 1.41 bits per heavy atom. The van der Waals surface area contributed by atoms with E-state index in [9.17, 15) is 22.8 Å². The fourth-order valence-electron chi connectivity index (χ4n) is 2.77. The number of hydrogen-bond acceptors (Lipinski definition) is 4. The van der Waals surface area contributed by atoms with Gasteiger partial charge in [0.25, 0.3) is 0 Å². The summed E-state index contributed by atoms with van der Waals surface area (Å²) < 4.78 is 45.8. The highest BCUT2D eigenvalue weighted by Crippen LogP contribution is 2.36. The van der Waals surface area contributed by atoms with Crippen molar-refractivity contribution in [1.82, 2.24) is 9.78 Å². The molecule has 3 rings (SSSR count). The summed E-state index contributed by atoms with van der Waals surface area (Å²) >= 11 is 0. The van der Waals surface area contributed by atoms with Gasteiger partial charge in [0.05, 0.1) is 23.9 Å². The van der Waals surface area contributed by atoms with E-state index in [1.165, 1.54) is 24.3 Å². The highest BCUT2D eigenvalue weighted by Gasteiger charge is 2.44. The molecule has 0 radical (unpaired) electrons. The molecule has 0 saturated heterocycles. The van der Waals surface area contributed by atoms with E-state index in [0.717, 1.165) is 0 Å². The van der Waals surface area contributed by atoms with Crippen molar-refractivity contribution in [3.05, 3.63) is 41.7 Å². The highest BCUT2D eigenvalue weighted by atomic mass is 19.4. The van der Waals surface area contributed by atoms with Crippen LogP contribution in [0.1, 0.15) is 29.4 Å². The van der Waals surface area contributed by atoms with E-state index in [-0.39, 0.29) is 29.3 Å². The van der Waals surface area contributed by atoms with Crippen molar-refractivity contribution in [1.29, 1.82) is 0 Å². The van der Waals surface area contributed by atoms with Crippen LogP contribution in [0, 0.1) is 5.92 Å². The van der Waals surface area contributed by atoms with Crippen LogP contribution in [0.5, 0.6) is 0 Å². The fraction of sp³-hybridized carbons (Fsp3) is 0.353. The minimum Gasteiger partial charge on any atom is -0.478 e. The van der Waals surface area contributed by atoms with Gasteiger partial charge in [-0.1, -0.05) is 6.07 Å². The molecular weight excluding hydrogens is 367 g/mol. The molecule has 1 amide bonds. The van der Waals surface area contributed by atoms with Gasteiger partial charge in [0.2, 0.25) is 5.91 Å².